The zero-order chi connectivity index (χ0) is 19.8. The Bertz CT molecular complexity index is 910. The van der Waals surface area contributed by atoms with Crippen molar-refractivity contribution in [3.63, 3.8) is 0 Å². The van der Waals surface area contributed by atoms with E-state index in [0.717, 1.165) is 10.4 Å². The van der Waals surface area contributed by atoms with Crippen molar-refractivity contribution in [2.45, 2.75) is 13.0 Å². The molecular formula is C21H19ClN2O3S. The predicted octanol–water partition coefficient (Wildman–Crippen LogP) is 4.28. The van der Waals surface area contributed by atoms with E-state index >= 15 is 0 Å². The summed E-state index contributed by atoms with van der Waals surface area (Å²) in [6.45, 7) is 0.437. The van der Waals surface area contributed by atoms with E-state index < -0.39 is 0 Å². The number of ether oxygens (including phenoxy) is 1. The van der Waals surface area contributed by atoms with Gasteiger partial charge in [0.15, 0.2) is 6.61 Å². The van der Waals surface area contributed by atoms with E-state index in [1.54, 1.807) is 47.7 Å². The quantitative estimate of drug-likeness (QED) is 0.578. The van der Waals surface area contributed by atoms with Crippen LogP contribution in [0.4, 0.5) is 5.69 Å². The van der Waals surface area contributed by atoms with Gasteiger partial charge in [-0.05, 0) is 53.4 Å². The van der Waals surface area contributed by atoms with Crippen molar-refractivity contribution in [3.8, 4) is 5.75 Å². The number of amides is 2. The molecular weight excluding hydrogens is 396 g/mol. The summed E-state index contributed by atoms with van der Waals surface area (Å²) < 4.78 is 5.41. The van der Waals surface area contributed by atoms with Crippen LogP contribution < -0.4 is 15.4 Å². The van der Waals surface area contributed by atoms with Gasteiger partial charge in [-0.3, -0.25) is 9.59 Å². The van der Waals surface area contributed by atoms with Crippen LogP contribution in [0.3, 0.4) is 0 Å². The molecule has 28 heavy (non-hydrogen) atoms. The van der Waals surface area contributed by atoms with Gasteiger partial charge >= 0.3 is 0 Å². The maximum absolute atomic E-state index is 12.0. The molecule has 1 aromatic heterocycles. The van der Waals surface area contributed by atoms with Crippen molar-refractivity contribution in [3.05, 3.63) is 81.5 Å². The number of anilines is 1. The number of nitrogens with one attached hydrogen (secondary N) is 2. The Balaban J connectivity index is 1.42. The third-order valence-corrected chi connectivity index (χ3v) is 4.95. The van der Waals surface area contributed by atoms with Gasteiger partial charge in [-0.2, -0.15) is 0 Å². The van der Waals surface area contributed by atoms with E-state index in [4.69, 9.17) is 16.3 Å². The van der Waals surface area contributed by atoms with Gasteiger partial charge in [-0.25, -0.2) is 0 Å². The lowest BCUT2D eigenvalue weighted by Gasteiger charge is -2.09. The zero-order valence-corrected chi connectivity index (χ0v) is 16.6. The fraction of sp³-hybridized carbons (Fsp3) is 0.143. The van der Waals surface area contributed by atoms with Crippen LogP contribution in [-0.4, -0.2) is 18.4 Å². The van der Waals surface area contributed by atoms with Crippen molar-refractivity contribution >= 4 is 40.4 Å². The third-order valence-electron chi connectivity index (χ3n) is 3.83. The summed E-state index contributed by atoms with van der Waals surface area (Å²) in [6, 6.07) is 17.9. The smallest absolute Gasteiger partial charge is 0.262 e. The second-order valence-corrected chi connectivity index (χ2v) is 7.49. The van der Waals surface area contributed by atoms with Crippen LogP contribution in [-0.2, 0) is 22.6 Å². The van der Waals surface area contributed by atoms with Crippen LogP contribution in [0.25, 0.3) is 0 Å². The number of carbonyl (C=O) groups is 2. The maximum atomic E-state index is 12.0. The molecule has 2 amide bonds. The molecule has 0 fully saturated rings. The molecule has 0 spiro atoms. The number of rotatable bonds is 8. The van der Waals surface area contributed by atoms with Crippen molar-refractivity contribution in [2.24, 2.45) is 0 Å². The van der Waals surface area contributed by atoms with Gasteiger partial charge in [0.2, 0.25) is 5.91 Å². The molecule has 1 heterocycles. The van der Waals surface area contributed by atoms with Gasteiger partial charge < -0.3 is 15.4 Å². The van der Waals surface area contributed by atoms with Crippen LogP contribution in [0.2, 0.25) is 5.02 Å². The fourth-order valence-corrected chi connectivity index (χ4v) is 3.20. The van der Waals surface area contributed by atoms with E-state index in [2.05, 4.69) is 10.6 Å². The standard InChI is InChI=1S/C21H19ClN2O3S/c22-16-5-9-18(10-6-16)27-14-21(26)24-17-7-3-15(4-8-17)12-20(25)23-13-19-2-1-11-28-19/h1-11H,12-14H2,(H,23,25)(H,24,26). The summed E-state index contributed by atoms with van der Waals surface area (Å²) in [4.78, 5) is 25.1. The minimum Gasteiger partial charge on any atom is -0.484 e. The third kappa shape index (κ3) is 6.40. The highest BCUT2D eigenvalue weighted by atomic mass is 35.5. The summed E-state index contributed by atoms with van der Waals surface area (Å²) in [5.41, 5.74) is 1.52. The molecule has 0 atom stereocenters. The van der Waals surface area contributed by atoms with Crippen LogP contribution in [0.5, 0.6) is 5.75 Å². The maximum Gasteiger partial charge on any atom is 0.262 e. The molecule has 0 saturated heterocycles. The van der Waals surface area contributed by atoms with Gasteiger partial charge in [0, 0.05) is 15.6 Å². The van der Waals surface area contributed by atoms with Crippen LogP contribution in [0.1, 0.15) is 10.4 Å². The first-order valence-electron chi connectivity index (χ1n) is 8.65. The molecule has 0 radical (unpaired) electrons. The van der Waals surface area contributed by atoms with E-state index in [0.29, 0.717) is 29.4 Å². The van der Waals surface area contributed by atoms with E-state index in [-0.39, 0.29) is 18.4 Å². The Morgan fingerprint density at radius 2 is 1.71 bits per heavy atom. The molecule has 5 nitrogen and oxygen atoms in total. The Morgan fingerprint density at radius 1 is 0.964 bits per heavy atom. The Morgan fingerprint density at radius 3 is 2.39 bits per heavy atom. The molecule has 3 rings (SSSR count). The minimum absolute atomic E-state index is 0.0402. The molecule has 0 bridgehead atoms. The zero-order valence-electron chi connectivity index (χ0n) is 15.0. The molecule has 0 aliphatic heterocycles. The summed E-state index contributed by atoms with van der Waals surface area (Å²) >= 11 is 7.42. The van der Waals surface area contributed by atoms with Crippen molar-refractivity contribution in [1.29, 1.82) is 0 Å². The second kappa shape index (κ2) is 9.92. The van der Waals surface area contributed by atoms with Crippen molar-refractivity contribution in [2.75, 3.05) is 11.9 Å². The minimum atomic E-state index is -0.267. The normalized spacial score (nSPS) is 10.3. The van der Waals surface area contributed by atoms with Crippen LogP contribution in [0, 0.1) is 0 Å². The highest BCUT2D eigenvalue weighted by Gasteiger charge is 2.06. The topological polar surface area (TPSA) is 67.4 Å². The monoisotopic (exact) mass is 414 g/mol. The molecule has 0 unspecified atom stereocenters. The lowest BCUT2D eigenvalue weighted by atomic mass is 10.1. The average Bonchev–Trinajstić information content (AvgIpc) is 3.21. The van der Waals surface area contributed by atoms with Gasteiger partial charge in [0.25, 0.3) is 5.91 Å². The molecule has 144 valence electrons. The Labute approximate surface area is 172 Å². The summed E-state index contributed by atoms with van der Waals surface area (Å²) in [5, 5.41) is 8.24. The summed E-state index contributed by atoms with van der Waals surface area (Å²) in [6.07, 6.45) is 0.291. The molecule has 0 aliphatic carbocycles. The largest absolute Gasteiger partial charge is 0.484 e. The van der Waals surface area contributed by atoms with Crippen molar-refractivity contribution < 1.29 is 14.3 Å². The fourth-order valence-electron chi connectivity index (χ4n) is 2.43. The van der Waals surface area contributed by atoms with Crippen LogP contribution >= 0.6 is 22.9 Å². The van der Waals surface area contributed by atoms with Gasteiger partial charge in [-0.1, -0.05) is 29.8 Å². The van der Waals surface area contributed by atoms with E-state index in [1.807, 2.05) is 29.6 Å². The van der Waals surface area contributed by atoms with Gasteiger partial charge in [0.1, 0.15) is 5.75 Å². The number of carbonyl (C=O) groups excluding carboxylic acids is 2. The number of thiophene rings is 1. The average molecular weight is 415 g/mol. The Hall–Kier alpha value is -2.83. The molecule has 2 N–H and O–H groups in total. The number of halogens is 1. The van der Waals surface area contributed by atoms with Gasteiger partial charge in [0.05, 0.1) is 13.0 Å². The molecule has 0 aliphatic rings. The first-order valence-corrected chi connectivity index (χ1v) is 9.90. The van der Waals surface area contributed by atoms with Crippen molar-refractivity contribution in [1.82, 2.24) is 5.32 Å². The van der Waals surface area contributed by atoms with Gasteiger partial charge in [-0.15, -0.1) is 11.3 Å². The second-order valence-electron chi connectivity index (χ2n) is 6.02. The summed E-state index contributed by atoms with van der Waals surface area (Å²) in [5.74, 6) is 0.265. The SMILES string of the molecule is O=C(Cc1ccc(NC(=O)COc2ccc(Cl)cc2)cc1)NCc1cccs1. The highest BCUT2D eigenvalue weighted by molar-refractivity contribution is 7.09. The first kappa shape index (κ1) is 19.9. The predicted molar refractivity (Wildman–Crippen MR) is 112 cm³/mol. The lowest BCUT2D eigenvalue weighted by Crippen LogP contribution is -2.24. The molecule has 0 saturated carbocycles. The Kier molecular flexibility index (Phi) is 7.06. The van der Waals surface area contributed by atoms with E-state index in [1.165, 1.54) is 0 Å². The van der Waals surface area contributed by atoms with Crippen LogP contribution in [0.15, 0.2) is 66.0 Å². The first-order chi connectivity index (χ1) is 13.6. The lowest BCUT2D eigenvalue weighted by molar-refractivity contribution is -0.120. The molecule has 7 heteroatoms. The number of hydrogen-bond donors (Lipinski definition) is 2. The number of benzene rings is 2. The molecule has 2 aromatic carbocycles. The summed E-state index contributed by atoms with van der Waals surface area (Å²) in [7, 11) is 0. The molecule has 3 aromatic rings. The van der Waals surface area contributed by atoms with E-state index in [9.17, 15) is 9.59 Å². The highest BCUT2D eigenvalue weighted by Crippen LogP contribution is 2.16. The number of hydrogen-bond acceptors (Lipinski definition) is 4.